The van der Waals surface area contributed by atoms with Crippen molar-refractivity contribution in [3.05, 3.63) is 0 Å². The molecule has 1 saturated heterocycles. The summed E-state index contributed by atoms with van der Waals surface area (Å²) in [6.45, 7) is 1.55. The first kappa shape index (κ1) is 12.8. The Morgan fingerprint density at radius 1 is 1.47 bits per heavy atom. The van der Waals surface area contributed by atoms with Gasteiger partial charge in [-0.1, -0.05) is 0 Å². The highest BCUT2D eigenvalue weighted by Crippen LogP contribution is 2.35. The Morgan fingerprint density at radius 3 is 2.76 bits per heavy atom. The molecule has 98 valence electrons. The number of carbonyl (C=O) groups is 1. The van der Waals surface area contributed by atoms with Gasteiger partial charge in [-0.3, -0.25) is 10.1 Å². The van der Waals surface area contributed by atoms with Gasteiger partial charge in [0.25, 0.3) is 0 Å². The number of esters is 1. The first-order valence-electron chi connectivity index (χ1n) is 6.18. The third-order valence-electron chi connectivity index (χ3n) is 3.75. The van der Waals surface area contributed by atoms with Crippen LogP contribution in [-0.2, 0) is 19.0 Å². The Balaban J connectivity index is 1.86. The summed E-state index contributed by atoms with van der Waals surface area (Å²) in [7, 11) is 3.10. The van der Waals surface area contributed by atoms with Gasteiger partial charge in [0.15, 0.2) is 0 Å². The molecule has 1 atom stereocenters. The summed E-state index contributed by atoms with van der Waals surface area (Å²) >= 11 is 0. The molecule has 0 aromatic rings. The van der Waals surface area contributed by atoms with E-state index >= 15 is 0 Å². The van der Waals surface area contributed by atoms with Crippen LogP contribution in [0.5, 0.6) is 0 Å². The van der Waals surface area contributed by atoms with Gasteiger partial charge in [0, 0.05) is 33.1 Å². The number of carbonyl (C=O) groups excluding carboxylic acids is 1. The summed E-state index contributed by atoms with van der Waals surface area (Å²) in [4.78, 5) is 11.8. The van der Waals surface area contributed by atoms with Gasteiger partial charge >= 0.3 is 5.97 Å². The molecular formula is C12H21NO4. The summed E-state index contributed by atoms with van der Waals surface area (Å²) in [5.74, 6) is -0.191. The normalized spacial score (nSPS) is 36.6. The van der Waals surface area contributed by atoms with Crippen LogP contribution in [-0.4, -0.2) is 51.1 Å². The quantitative estimate of drug-likeness (QED) is 0.712. The van der Waals surface area contributed by atoms with Gasteiger partial charge in [-0.05, 0) is 12.8 Å². The van der Waals surface area contributed by atoms with Crippen LogP contribution < -0.4 is 5.32 Å². The monoisotopic (exact) mass is 243 g/mol. The number of hydrogen-bond acceptors (Lipinski definition) is 5. The van der Waals surface area contributed by atoms with E-state index in [0.29, 0.717) is 19.4 Å². The van der Waals surface area contributed by atoms with Crippen molar-refractivity contribution in [2.45, 2.75) is 43.4 Å². The number of rotatable bonds is 5. The second-order valence-corrected chi connectivity index (χ2v) is 4.86. The van der Waals surface area contributed by atoms with Gasteiger partial charge in [-0.15, -0.1) is 0 Å². The van der Waals surface area contributed by atoms with Crippen molar-refractivity contribution in [2.24, 2.45) is 0 Å². The molecule has 17 heavy (non-hydrogen) atoms. The van der Waals surface area contributed by atoms with Crippen molar-refractivity contribution >= 4 is 5.97 Å². The largest absolute Gasteiger partial charge is 0.468 e. The molecule has 1 N–H and O–H groups in total. The van der Waals surface area contributed by atoms with Crippen molar-refractivity contribution in [3.63, 3.8) is 0 Å². The maximum Gasteiger partial charge on any atom is 0.326 e. The van der Waals surface area contributed by atoms with Crippen LogP contribution in [0.1, 0.15) is 25.7 Å². The summed E-state index contributed by atoms with van der Waals surface area (Å²) in [5.41, 5.74) is -0.554. The van der Waals surface area contributed by atoms with Crippen LogP contribution in [0.25, 0.3) is 0 Å². The fourth-order valence-electron chi connectivity index (χ4n) is 2.58. The Kier molecular flexibility index (Phi) is 4.01. The van der Waals surface area contributed by atoms with Crippen LogP contribution in [0.4, 0.5) is 0 Å². The zero-order valence-corrected chi connectivity index (χ0v) is 10.5. The first-order valence-corrected chi connectivity index (χ1v) is 6.18. The molecule has 0 aromatic carbocycles. The van der Waals surface area contributed by atoms with E-state index in [-0.39, 0.29) is 18.2 Å². The second kappa shape index (κ2) is 5.33. The Labute approximate surface area is 102 Å². The third-order valence-corrected chi connectivity index (χ3v) is 3.75. The summed E-state index contributed by atoms with van der Waals surface area (Å²) in [5, 5.41) is 3.31. The zero-order valence-electron chi connectivity index (χ0n) is 10.5. The zero-order chi connectivity index (χ0) is 12.3. The Hall–Kier alpha value is -0.650. The van der Waals surface area contributed by atoms with E-state index in [4.69, 9.17) is 14.2 Å². The standard InChI is InChI=1S/C12H21NO4/c1-15-10-6-12(7-10,11(14)16-2)13-8-9-4-3-5-17-9/h9-10,13H,3-8H2,1-2H3. The van der Waals surface area contributed by atoms with E-state index in [2.05, 4.69) is 5.32 Å². The van der Waals surface area contributed by atoms with E-state index in [9.17, 15) is 4.79 Å². The van der Waals surface area contributed by atoms with Crippen LogP contribution in [0, 0.1) is 0 Å². The first-order chi connectivity index (χ1) is 8.20. The van der Waals surface area contributed by atoms with Crippen molar-refractivity contribution in [1.29, 1.82) is 0 Å². The molecule has 0 spiro atoms. The molecule has 1 saturated carbocycles. The van der Waals surface area contributed by atoms with Crippen molar-refractivity contribution in [3.8, 4) is 0 Å². The minimum atomic E-state index is -0.554. The van der Waals surface area contributed by atoms with Crippen molar-refractivity contribution in [2.75, 3.05) is 27.4 Å². The lowest BCUT2D eigenvalue weighted by atomic mass is 9.74. The lowest BCUT2D eigenvalue weighted by Crippen LogP contribution is -2.64. The summed E-state index contributed by atoms with van der Waals surface area (Å²) in [6, 6.07) is 0. The fraction of sp³-hybridized carbons (Fsp3) is 0.917. The lowest BCUT2D eigenvalue weighted by Gasteiger charge is -2.45. The van der Waals surface area contributed by atoms with Crippen molar-refractivity contribution < 1.29 is 19.0 Å². The molecule has 5 heteroatoms. The molecule has 0 amide bonds. The van der Waals surface area contributed by atoms with E-state index in [0.717, 1.165) is 19.4 Å². The molecule has 2 fully saturated rings. The maximum atomic E-state index is 11.8. The Bertz CT molecular complexity index is 270. The van der Waals surface area contributed by atoms with Crippen LogP contribution in [0.2, 0.25) is 0 Å². The minimum absolute atomic E-state index is 0.158. The van der Waals surface area contributed by atoms with Gasteiger partial charge in [0.05, 0.1) is 19.3 Å². The number of methoxy groups -OCH3 is 2. The number of hydrogen-bond donors (Lipinski definition) is 1. The molecule has 5 nitrogen and oxygen atoms in total. The van der Waals surface area contributed by atoms with Crippen LogP contribution >= 0.6 is 0 Å². The molecular weight excluding hydrogens is 222 g/mol. The molecule has 0 aromatic heterocycles. The minimum Gasteiger partial charge on any atom is -0.468 e. The highest BCUT2D eigenvalue weighted by molar-refractivity contribution is 5.82. The average molecular weight is 243 g/mol. The number of ether oxygens (including phenoxy) is 3. The summed E-state index contributed by atoms with van der Waals surface area (Å²) in [6.07, 6.45) is 3.94. The van der Waals surface area contributed by atoms with E-state index in [1.807, 2.05) is 0 Å². The smallest absolute Gasteiger partial charge is 0.326 e. The van der Waals surface area contributed by atoms with Gasteiger partial charge in [-0.25, -0.2) is 0 Å². The molecule has 0 bridgehead atoms. The van der Waals surface area contributed by atoms with E-state index in [1.54, 1.807) is 7.11 Å². The average Bonchev–Trinajstić information content (AvgIpc) is 2.80. The highest BCUT2D eigenvalue weighted by atomic mass is 16.5. The van der Waals surface area contributed by atoms with E-state index < -0.39 is 5.54 Å². The SMILES string of the molecule is COC(=O)C1(NCC2CCCO2)CC(OC)C1. The van der Waals surface area contributed by atoms with Crippen LogP contribution in [0.15, 0.2) is 0 Å². The van der Waals surface area contributed by atoms with Crippen LogP contribution in [0.3, 0.4) is 0 Å². The topological polar surface area (TPSA) is 56.8 Å². The van der Waals surface area contributed by atoms with Gasteiger partial charge in [0.1, 0.15) is 5.54 Å². The van der Waals surface area contributed by atoms with Gasteiger partial charge in [-0.2, -0.15) is 0 Å². The molecule has 1 aliphatic carbocycles. The summed E-state index contributed by atoms with van der Waals surface area (Å²) < 4.78 is 15.6. The highest BCUT2D eigenvalue weighted by Gasteiger charge is 2.51. The predicted octanol–water partition coefficient (Wildman–Crippen LogP) is 0.476. The maximum absolute atomic E-state index is 11.8. The predicted molar refractivity (Wildman–Crippen MR) is 61.8 cm³/mol. The fourth-order valence-corrected chi connectivity index (χ4v) is 2.58. The number of nitrogens with one attached hydrogen (secondary N) is 1. The molecule has 2 aliphatic rings. The van der Waals surface area contributed by atoms with Gasteiger partial charge in [0.2, 0.25) is 0 Å². The second-order valence-electron chi connectivity index (χ2n) is 4.86. The molecule has 0 radical (unpaired) electrons. The third kappa shape index (κ3) is 2.61. The molecule has 2 rings (SSSR count). The molecule has 1 heterocycles. The Morgan fingerprint density at radius 2 is 2.24 bits per heavy atom. The van der Waals surface area contributed by atoms with E-state index in [1.165, 1.54) is 7.11 Å². The molecule has 1 aliphatic heterocycles. The molecule has 1 unspecified atom stereocenters. The van der Waals surface area contributed by atoms with Crippen molar-refractivity contribution in [1.82, 2.24) is 5.32 Å². The van der Waals surface area contributed by atoms with Gasteiger partial charge < -0.3 is 14.2 Å². The lowest BCUT2D eigenvalue weighted by molar-refractivity contribution is -0.160.